The summed E-state index contributed by atoms with van der Waals surface area (Å²) in [6.45, 7) is 1.98. The molecule has 0 aliphatic heterocycles. The summed E-state index contributed by atoms with van der Waals surface area (Å²) in [7, 11) is 1.93. The summed E-state index contributed by atoms with van der Waals surface area (Å²) in [5, 5.41) is 7.33. The third kappa shape index (κ3) is 0.804. The van der Waals surface area contributed by atoms with Crippen LogP contribution in [0, 0.1) is 6.92 Å². The van der Waals surface area contributed by atoms with Crippen molar-refractivity contribution >= 4 is 0 Å². The Morgan fingerprint density at radius 3 is 2.62 bits per heavy atom. The molecule has 1 rings (SSSR count). The van der Waals surface area contributed by atoms with Gasteiger partial charge in [-0.3, -0.25) is 0 Å². The number of rotatable bonds is 0. The molecule has 1 aromatic heterocycles. The highest BCUT2D eigenvalue weighted by Gasteiger charge is 1.92. The van der Waals surface area contributed by atoms with Gasteiger partial charge in [-0.1, -0.05) is 0 Å². The van der Waals surface area contributed by atoms with Crippen LogP contribution in [0.1, 0.15) is 5.69 Å². The van der Waals surface area contributed by atoms with Crippen LogP contribution in [0.2, 0.25) is 0 Å². The van der Waals surface area contributed by atoms with Crippen LogP contribution in [0.15, 0.2) is 12.5 Å². The molecule has 1 aromatic rings. The normalized spacial score (nSPS) is 9.25. The SMILES string of the molecule is Cc1cnnc[n+]1C. The molecule has 0 amide bonds. The zero-order chi connectivity index (χ0) is 5.98. The van der Waals surface area contributed by atoms with Crippen LogP contribution in [-0.4, -0.2) is 10.2 Å². The van der Waals surface area contributed by atoms with Gasteiger partial charge in [0.25, 0.3) is 0 Å². The van der Waals surface area contributed by atoms with Crippen LogP contribution in [0.4, 0.5) is 0 Å². The van der Waals surface area contributed by atoms with Crippen molar-refractivity contribution in [3.63, 3.8) is 0 Å². The van der Waals surface area contributed by atoms with E-state index in [9.17, 15) is 0 Å². The molecule has 3 nitrogen and oxygen atoms in total. The Hall–Kier alpha value is -0.990. The van der Waals surface area contributed by atoms with Gasteiger partial charge in [-0.15, -0.1) is 0 Å². The van der Waals surface area contributed by atoms with Crippen LogP contribution in [0.5, 0.6) is 0 Å². The van der Waals surface area contributed by atoms with Crippen molar-refractivity contribution in [2.45, 2.75) is 6.92 Å². The maximum absolute atomic E-state index is 3.67. The standard InChI is InChI=1S/C5H8N3/c1-5-3-6-7-4-8(5)2/h3-4H,1-2H3/q+1. The number of aryl methyl sites for hydroxylation is 2. The molecule has 8 heavy (non-hydrogen) atoms. The molecule has 0 atom stereocenters. The second-order valence-electron chi connectivity index (χ2n) is 1.73. The lowest BCUT2D eigenvalue weighted by atomic mass is 10.5. The molecule has 0 radical (unpaired) electrons. The highest BCUT2D eigenvalue weighted by atomic mass is 15.2. The van der Waals surface area contributed by atoms with Crippen molar-refractivity contribution in [2.24, 2.45) is 7.05 Å². The maximum atomic E-state index is 3.67. The van der Waals surface area contributed by atoms with E-state index >= 15 is 0 Å². The van der Waals surface area contributed by atoms with E-state index in [1.807, 2.05) is 18.5 Å². The number of hydrogen-bond acceptors (Lipinski definition) is 2. The van der Waals surface area contributed by atoms with Crippen molar-refractivity contribution in [1.82, 2.24) is 10.2 Å². The van der Waals surface area contributed by atoms with Crippen LogP contribution >= 0.6 is 0 Å². The molecule has 0 saturated heterocycles. The predicted octanol–water partition coefficient (Wildman–Crippen LogP) is -0.390. The minimum atomic E-state index is 1.11. The molecular formula is C5H8N3+. The van der Waals surface area contributed by atoms with Gasteiger partial charge in [-0.2, -0.15) is 0 Å². The first-order chi connectivity index (χ1) is 3.80. The van der Waals surface area contributed by atoms with Crippen molar-refractivity contribution in [2.75, 3.05) is 0 Å². The zero-order valence-corrected chi connectivity index (χ0v) is 5.00. The maximum Gasteiger partial charge on any atom is 0.314 e. The molecule has 0 unspecified atom stereocenters. The number of hydrogen-bond donors (Lipinski definition) is 0. The van der Waals surface area contributed by atoms with E-state index in [0.29, 0.717) is 0 Å². The van der Waals surface area contributed by atoms with Gasteiger partial charge in [-0.25, -0.2) is 4.57 Å². The minimum Gasteiger partial charge on any atom is -0.234 e. The molecule has 0 spiro atoms. The van der Waals surface area contributed by atoms with E-state index in [-0.39, 0.29) is 0 Å². The van der Waals surface area contributed by atoms with Crippen LogP contribution < -0.4 is 4.57 Å². The molecule has 0 N–H and O–H groups in total. The second kappa shape index (κ2) is 1.86. The Morgan fingerprint density at radius 1 is 1.50 bits per heavy atom. The van der Waals surface area contributed by atoms with E-state index in [0.717, 1.165) is 5.69 Å². The zero-order valence-electron chi connectivity index (χ0n) is 5.00. The van der Waals surface area contributed by atoms with Crippen molar-refractivity contribution in [1.29, 1.82) is 0 Å². The fraction of sp³-hybridized carbons (Fsp3) is 0.400. The molecule has 0 aliphatic carbocycles. The Balaban J connectivity index is 3.13. The van der Waals surface area contributed by atoms with Gasteiger partial charge < -0.3 is 0 Å². The van der Waals surface area contributed by atoms with Crippen molar-refractivity contribution in [3.05, 3.63) is 18.2 Å². The molecule has 42 valence electrons. The molecular weight excluding hydrogens is 102 g/mol. The van der Waals surface area contributed by atoms with E-state index in [1.54, 1.807) is 12.5 Å². The van der Waals surface area contributed by atoms with Crippen molar-refractivity contribution in [3.8, 4) is 0 Å². The van der Waals surface area contributed by atoms with E-state index in [4.69, 9.17) is 0 Å². The fourth-order valence-corrected chi connectivity index (χ4v) is 0.406. The summed E-state index contributed by atoms with van der Waals surface area (Å²) in [4.78, 5) is 0. The molecule has 1 heterocycles. The Labute approximate surface area is 48.0 Å². The van der Waals surface area contributed by atoms with Crippen LogP contribution in [0.3, 0.4) is 0 Å². The minimum absolute atomic E-state index is 1.11. The average molecular weight is 110 g/mol. The first-order valence-corrected chi connectivity index (χ1v) is 2.43. The van der Waals surface area contributed by atoms with E-state index in [1.165, 1.54) is 0 Å². The molecule has 0 aromatic carbocycles. The monoisotopic (exact) mass is 110 g/mol. The Kier molecular flexibility index (Phi) is 1.20. The molecule has 0 aliphatic rings. The van der Waals surface area contributed by atoms with Gasteiger partial charge >= 0.3 is 6.33 Å². The third-order valence-corrected chi connectivity index (χ3v) is 1.09. The molecule has 0 fully saturated rings. The lowest BCUT2D eigenvalue weighted by Gasteiger charge is -1.87. The summed E-state index contributed by atoms with van der Waals surface area (Å²) >= 11 is 0. The quantitative estimate of drug-likeness (QED) is 0.426. The summed E-state index contributed by atoms with van der Waals surface area (Å²) in [6.07, 6.45) is 3.40. The summed E-state index contributed by atoms with van der Waals surface area (Å²) < 4.78 is 1.91. The molecule has 0 saturated carbocycles. The van der Waals surface area contributed by atoms with Crippen LogP contribution in [-0.2, 0) is 7.05 Å². The topological polar surface area (TPSA) is 29.7 Å². The van der Waals surface area contributed by atoms with E-state index in [2.05, 4.69) is 10.2 Å². The molecule has 0 bridgehead atoms. The lowest BCUT2D eigenvalue weighted by Crippen LogP contribution is -2.32. The number of nitrogens with zero attached hydrogens (tertiary/aromatic N) is 3. The first-order valence-electron chi connectivity index (χ1n) is 2.43. The Morgan fingerprint density at radius 2 is 2.25 bits per heavy atom. The largest absolute Gasteiger partial charge is 0.314 e. The second-order valence-corrected chi connectivity index (χ2v) is 1.73. The molecule has 3 heteroatoms. The first kappa shape index (κ1) is 5.15. The lowest BCUT2D eigenvalue weighted by molar-refractivity contribution is -0.681. The highest BCUT2D eigenvalue weighted by Crippen LogP contribution is 1.75. The summed E-state index contributed by atoms with van der Waals surface area (Å²) in [6, 6.07) is 0. The van der Waals surface area contributed by atoms with Gasteiger partial charge in [0, 0.05) is 0 Å². The third-order valence-electron chi connectivity index (χ3n) is 1.09. The number of aromatic nitrogens is 3. The Bertz CT molecular complexity index is 164. The average Bonchev–Trinajstić information content (AvgIpc) is 1.77. The summed E-state index contributed by atoms with van der Waals surface area (Å²) in [5.41, 5.74) is 1.11. The van der Waals surface area contributed by atoms with Gasteiger partial charge in [-0.05, 0) is 12.0 Å². The predicted molar refractivity (Wildman–Crippen MR) is 27.9 cm³/mol. The highest BCUT2D eigenvalue weighted by molar-refractivity contribution is 4.75. The van der Waals surface area contributed by atoms with Gasteiger partial charge in [0.2, 0.25) is 0 Å². The smallest absolute Gasteiger partial charge is 0.234 e. The van der Waals surface area contributed by atoms with Crippen LogP contribution in [0.25, 0.3) is 0 Å². The van der Waals surface area contributed by atoms with Crippen molar-refractivity contribution < 1.29 is 4.57 Å². The fourth-order valence-electron chi connectivity index (χ4n) is 0.406. The summed E-state index contributed by atoms with van der Waals surface area (Å²) in [5.74, 6) is 0. The van der Waals surface area contributed by atoms with Gasteiger partial charge in [0.15, 0.2) is 0 Å². The van der Waals surface area contributed by atoms with Gasteiger partial charge in [0.05, 0.1) is 12.1 Å². The van der Waals surface area contributed by atoms with E-state index < -0.39 is 0 Å². The van der Waals surface area contributed by atoms with Gasteiger partial charge in [0.1, 0.15) is 11.9 Å².